The van der Waals surface area contributed by atoms with Crippen molar-refractivity contribution in [2.75, 3.05) is 0 Å². The number of halogens is 1. The Kier molecular flexibility index (Phi) is 10.1. The molecule has 0 saturated carbocycles. The van der Waals surface area contributed by atoms with Gasteiger partial charge in [-0.25, -0.2) is 9.97 Å². The summed E-state index contributed by atoms with van der Waals surface area (Å²) < 4.78 is 0. The number of hydrogen-bond acceptors (Lipinski definition) is 3. The molecule has 0 amide bonds. The quantitative estimate of drug-likeness (QED) is 0.307. The molecule has 1 aromatic carbocycles. The molecule has 0 bridgehead atoms. The second-order valence-corrected chi connectivity index (χ2v) is 8.37. The van der Waals surface area contributed by atoms with Gasteiger partial charge in [-0.3, -0.25) is 4.79 Å². The van der Waals surface area contributed by atoms with Crippen molar-refractivity contribution in [2.45, 2.75) is 77.0 Å². The molecule has 0 spiro atoms. The summed E-state index contributed by atoms with van der Waals surface area (Å²) in [5.41, 5.74) is 3.32. The number of benzene rings is 1. The van der Waals surface area contributed by atoms with Crippen LogP contribution in [0.2, 0.25) is 0 Å². The Balaban J connectivity index is 1.81. The van der Waals surface area contributed by atoms with E-state index in [0.29, 0.717) is 6.42 Å². The van der Waals surface area contributed by atoms with Crippen molar-refractivity contribution >= 4 is 17.6 Å². The minimum Gasteiger partial charge on any atom is -0.481 e. The lowest BCUT2D eigenvalue weighted by Gasteiger charge is -2.13. The smallest absolute Gasteiger partial charge is 0.307 e. The Labute approximate surface area is 179 Å². The molecule has 2 unspecified atom stereocenters. The Morgan fingerprint density at radius 2 is 1.59 bits per heavy atom. The third kappa shape index (κ3) is 8.14. The monoisotopic (exact) mass is 416 g/mol. The highest BCUT2D eigenvalue weighted by molar-refractivity contribution is 6.21. The number of carbonyl (C=O) groups is 1. The van der Waals surface area contributed by atoms with Crippen LogP contribution in [0.1, 0.15) is 69.9 Å². The van der Waals surface area contributed by atoms with Crippen LogP contribution in [0, 0.1) is 5.92 Å². The fourth-order valence-corrected chi connectivity index (χ4v) is 3.49. The molecule has 0 radical (unpaired) electrons. The maximum atomic E-state index is 11.0. The lowest BCUT2D eigenvalue weighted by atomic mass is 10.00. The van der Waals surface area contributed by atoms with E-state index in [2.05, 4.69) is 16.9 Å². The van der Waals surface area contributed by atoms with Crippen molar-refractivity contribution < 1.29 is 9.90 Å². The highest BCUT2D eigenvalue weighted by Crippen LogP contribution is 2.20. The predicted octanol–water partition coefficient (Wildman–Crippen LogP) is 6.31. The van der Waals surface area contributed by atoms with E-state index in [1.807, 2.05) is 36.7 Å². The summed E-state index contributed by atoms with van der Waals surface area (Å²) in [5.74, 6) is -0.658. The third-order valence-corrected chi connectivity index (χ3v) is 5.97. The van der Waals surface area contributed by atoms with Crippen LogP contribution in [-0.4, -0.2) is 26.4 Å². The Morgan fingerprint density at radius 3 is 2.21 bits per heavy atom. The van der Waals surface area contributed by atoms with E-state index in [4.69, 9.17) is 16.7 Å². The number of rotatable bonds is 13. The standard InChI is InChI=1S/C24H33ClN2O2/c1-3-4-5-6-7-8-9-20-16-26-23(27-17-20)21-13-10-19(11-14-21)12-15-22(25)18(2)24(28)29/h10-11,13-14,16-18,22H,3-9,12,15H2,1-2H3,(H,28,29). The normalized spacial score (nSPS) is 13.2. The maximum Gasteiger partial charge on any atom is 0.307 e. The topological polar surface area (TPSA) is 63.1 Å². The number of carboxylic acids is 1. The fraction of sp³-hybridized carbons (Fsp3) is 0.542. The summed E-state index contributed by atoms with van der Waals surface area (Å²) in [7, 11) is 0. The van der Waals surface area contributed by atoms with Gasteiger partial charge in [-0.15, -0.1) is 11.6 Å². The van der Waals surface area contributed by atoms with E-state index in [1.54, 1.807) is 6.92 Å². The van der Waals surface area contributed by atoms with E-state index in [-0.39, 0.29) is 5.38 Å². The largest absolute Gasteiger partial charge is 0.481 e. The van der Waals surface area contributed by atoms with Crippen molar-refractivity contribution in [1.82, 2.24) is 9.97 Å². The minimum atomic E-state index is -0.850. The molecule has 0 aliphatic heterocycles. The summed E-state index contributed by atoms with van der Waals surface area (Å²) >= 11 is 6.19. The molecule has 2 atom stereocenters. The first-order valence-corrected chi connectivity index (χ1v) is 11.2. The summed E-state index contributed by atoms with van der Waals surface area (Å²) in [6.45, 7) is 3.89. The zero-order chi connectivity index (χ0) is 21.1. The average molecular weight is 417 g/mol. The highest BCUT2D eigenvalue weighted by atomic mass is 35.5. The van der Waals surface area contributed by atoms with Crippen LogP contribution in [0.4, 0.5) is 0 Å². The number of aryl methyl sites for hydroxylation is 2. The summed E-state index contributed by atoms with van der Waals surface area (Å²) in [6.07, 6.45) is 14.1. The number of carboxylic acid groups (broad SMARTS) is 1. The highest BCUT2D eigenvalue weighted by Gasteiger charge is 2.20. The van der Waals surface area contributed by atoms with Gasteiger partial charge in [0.1, 0.15) is 0 Å². The average Bonchev–Trinajstić information content (AvgIpc) is 2.74. The maximum absolute atomic E-state index is 11.0. The lowest BCUT2D eigenvalue weighted by Crippen LogP contribution is -2.21. The van der Waals surface area contributed by atoms with E-state index < -0.39 is 11.9 Å². The van der Waals surface area contributed by atoms with Crippen LogP contribution < -0.4 is 0 Å². The molecule has 0 aliphatic carbocycles. The molecule has 1 heterocycles. The van der Waals surface area contributed by atoms with Gasteiger partial charge in [0.05, 0.1) is 5.92 Å². The molecule has 29 heavy (non-hydrogen) atoms. The molecule has 1 N–H and O–H groups in total. The predicted molar refractivity (Wildman–Crippen MR) is 119 cm³/mol. The van der Waals surface area contributed by atoms with Crippen molar-refractivity contribution in [3.05, 3.63) is 47.8 Å². The van der Waals surface area contributed by atoms with Crippen molar-refractivity contribution in [1.29, 1.82) is 0 Å². The molecule has 2 aromatic rings. The zero-order valence-corrected chi connectivity index (χ0v) is 18.4. The molecule has 1 aromatic heterocycles. The fourth-order valence-electron chi connectivity index (χ4n) is 3.27. The molecule has 0 aliphatic rings. The summed E-state index contributed by atoms with van der Waals surface area (Å²) in [6, 6.07) is 8.11. The number of aromatic nitrogens is 2. The van der Waals surface area contributed by atoms with Gasteiger partial charge in [-0.05, 0) is 36.8 Å². The van der Waals surface area contributed by atoms with Gasteiger partial charge in [-0.1, -0.05) is 70.2 Å². The van der Waals surface area contributed by atoms with Gasteiger partial charge in [-0.2, -0.15) is 0 Å². The molecule has 5 heteroatoms. The number of aliphatic carboxylic acids is 1. The number of hydrogen-bond donors (Lipinski definition) is 1. The van der Waals surface area contributed by atoms with Crippen LogP contribution in [0.15, 0.2) is 36.7 Å². The molecule has 2 rings (SSSR count). The van der Waals surface area contributed by atoms with Gasteiger partial charge < -0.3 is 5.11 Å². The van der Waals surface area contributed by atoms with E-state index in [0.717, 1.165) is 29.8 Å². The van der Waals surface area contributed by atoms with Gasteiger partial charge in [0.25, 0.3) is 0 Å². The zero-order valence-electron chi connectivity index (χ0n) is 17.6. The summed E-state index contributed by atoms with van der Waals surface area (Å²) in [5, 5.41) is 8.66. The van der Waals surface area contributed by atoms with Gasteiger partial charge >= 0.3 is 5.97 Å². The number of nitrogens with zero attached hydrogens (tertiary/aromatic N) is 2. The molecule has 4 nitrogen and oxygen atoms in total. The lowest BCUT2D eigenvalue weighted by molar-refractivity contribution is -0.141. The Hall–Kier alpha value is -1.94. The SMILES string of the molecule is CCCCCCCCc1cnc(-c2ccc(CCC(Cl)C(C)C(=O)O)cc2)nc1. The number of alkyl halides is 1. The summed E-state index contributed by atoms with van der Waals surface area (Å²) in [4.78, 5) is 20.0. The van der Waals surface area contributed by atoms with Crippen LogP contribution in [0.25, 0.3) is 11.4 Å². The molecule has 0 saturated heterocycles. The van der Waals surface area contributed by atoms with Crippen LogP contribution in [0.5, 0.6) is 0 Å². The van der Waals surface area contributed by atoms with Crippen LogP contribution >= 0.6 is 11.6 Å². The molecule has 158 valence electrons. The molecule has 0 fully saturated rings. The molecular formula is C24H33ClN2O2. The third-order valence-electron chi connectivity index (χ3n) is 5.38. The Morgan fingerprint density at radius 1 is 0.966 bits per heavy atom. The first kappa shape index (κ1) is 23.3. The van der Waals surface area contributed by atoms with Crippen LogP contribution in [0.3, 0.4) is 0 Å². The van der Waals surface area contributed by atoms with Crippen molar-refractivity contribution in [2.24, 2.45) is 5.92 Å². The second kappa shape index (κ2) is 12.6. The van der Waals surface area contributed by atoms with Gasteiger partial charge in [0, 0.05) is 23.3 Å². The minimum absolute atomic E-state index is 0.366. The van der Waals surface area contributed by atoms with E-state index >= 15 is 0 Å². The first-order chi connectivity index (χ1) is 14.0. The second-order valence-electron chi connectivity index (χ2n) is 7.81. The first-order valence-electron chi connectivity index (χ1n) is 10.8. The van der Waals surface area contributed by atoms with E-state index in [1.165, 1.54) is 44.1 Å². The van der Waals surface area contributed by atoms with E-state index in [9.17, 15) is 4.79 Å². The number of unbranched alkanes of at least 4 members (excludes halogenated alkanes) is 5. The Bertz CT molecular complexity index is 732. The van der Waals surface area contributed by atoms with Crippen molar-refractivity contribution in [3.8, 4) is 11.4 Å². The van der Waals surface area contributed by atoms with Gasteiger partial charge in [0.15, 0.2) is 5.82 Å². The van der Waals surface area contributed by atoms with Crippen LogP contribution in [-0.2, 0) is 17.6 Å². The van der Waals surface area contributed by atoms with Crippen molar-refractivity contribution in [3.63, 3.8) is 0 Å². The van der Waals surface area contributed by atoms with Gasteiger partial charge in [0.2, 0.25) is 0 Å². The molecular weight excluding hydrogens is 384 g/mol.